The van der Waals surface area contributed by atoms with E-state index in [1.807, 2.05) is 0 Å². The van der Waals surface area contributed by atoms with E-state index < -0.39 is 57.0 Å². The van der Waals surface area contributed by atoms with Crippen LogP contribution in [-0.4, -0.2) is 23.5 Å². The molecule has 1 aromatic carbocycles. The molecule has 0 heterocycles. The second-order valence-corrected chi connectivity index (χ2v) is 4.03. The van der Waals surface area contributed by atoms with Crippen molar-refractivity contribution in [3.8, 4) is 0 Å². The molecular formula is C16H26N2. The number of benzene rings is 1. The molecule has 1 fully saturated rings. The van der Waals surface area contributed by atoms with Crippen LogP contribution in [0.3, 0.4) is 0 Å². The third-order valence-corrected chi connectivity index (χ3v) is 3.08. The lowest BCUT2D eigenvalue weighted by Gasteiger charge is -2.45. The fourth-order valence-electron chi connectivity index (χ4n) is 2.09. The van der Waals surface area contributed by atoms with Crippen LogP contribution in [0.5, 0.6) is 0 Å². The Bertz CT molecular complexity index is 739. The highest BCUT2D eigenvalue weighted by atomic mass is 15.2. The average molecular weight is 258 g/mol. The number of likely N-dealkylation sites (N-methyl/N-ethyl adjacent to an activating group) is 1. The molecule has 0 amide bonds. The normalized spacial score (nSPS) is 42.2. The minimum Gasteiger partial charge on any atom is -0.322 e. The first-order chi connectivity index (χ1) is 13.4. The lowest BCUT2D eigenvalue weighted by atomic mass is 9.82. The van der Waals surface area contributed by atoms with Crippen LogP contribution in [0.2, 0.25) is 0 Å². The molecule has 1 saturated carbocycles. The Morgan fingerprint density at radius 3 is 2.67 bits per heavy atom. The highest BCUT2D eigenvalue weighted by Crippen LogP contribution is 2.43. The van der Waals surface area contributed by atoms with Gasteiger partial charge >= 0.3 is 0 Å². The monoisotopic (exact) mass is 258 g/mol. The molecule has 1 aromatic rings. The van der Waals surface area contributed by atoms with E-state index in [4.69, 9.17) is 22.2 Å². The number of rotatable bonds is 5. The van der Waals surface area contributed by atoms with Gasteiger partial charge in [0, 0.05) is 28.0 Å². The second kappa shape index (κ2) is 5.85. The molecule has 2 N–H and O–H groups in total. The SMILES string of the molecule is [2H]C([2H])C([2H])([2H])N(CC)C1(C(N)c2ccccc2)C([2H])([2H])C([2H])([2H])C([2H])([2H])C1([2H])[2H]. The number of hydrogen-bond acceptors (Lipinski definition) is 2. The van der Waals surface area contributed by atoms with E-state index in [-0.39, 0.29) is 5.56 Å². The molecule has 0 radical (unpaired) electrons. The maximum Gasteiger partial charge on any atom is 0.0482 e. The van der Waals surface area contributed by atoms with Gasteiger partial charge < -0.3 is 5.73 Å². The first-order valence-electron chi connectivity index (χ1n) is 12.0. The summed E-state index contributed by atoms with van der Waals surface area (Å²) in [7, 11) is 0. The lowest BCUT2D eigenvalue weighted by molar-refractivity contribution is 0.0770. The third kappa shape index (κ3) is 2.32. The molecule has 1 aliphatic carbocycles. The fourth-order valence-corrected chi connectivity index (χ4v) is 2.09. The van der Waals surface area contributed by atoms with Crippen molar-refractivity contribution in [2.45, 2.75) is 50.9 Å². The van der Waals surface area contributed by atoms with Crippen LogP contribution in [0.15, 0.2) is 30.3 Å². The van der Waals surface area contributed by atoms with Crippen molar-refractivity contribution in [1.29, 1.82) is 0 Å². The van der Waals surface area contributed by atoms with Crippen LogP contribution < -0.4 is 5.73 Å². The van der Waals surface area contributed by atoms with E-state index in [1.54, 1.807) is 6.07 Å². The van der Waals surface area contributed by atoms with Gasteiger partial charge in [-0.15, -0.1) is 0 Å². The molecule has 100 valence electrons. The average Bonchev–Trinajstić information content (AvgIpc) is 2.69. The summed E-state index contributed by atoms with van der Waals surface area (Å²) >= 11 is 0. The Morgan fingerprint density at radius 1 is 1.44 bits per heavy atom. The van der Waals surface area contributed by atoms with Gasteiger partial charge in [0.15, 0.2) is 0 Å². The summed E-state index contributed by atoms with van der Waals surface area (Å²) in [5.74, 6) is 0. The van der Waals surface area contributed by atoms with Crippen LogP contribution in [0, 0.1) is 0 Å². The van der Waals surface area contributed by atoms with Crippen LogP contribution in [0.25, 0.3) is 0 Å². The Labute approximate surface area is 128 Å². The molecule has 0 spiro atoms. The van der Waals surface area contributed by atoms with Crippen molar-refractivity contribution in [2.75, 3.05) is 13.0 Å². The molecule has 1 atom stereocenters. The molecule has 0 bridgehead atoms. The molecule has 2 nitrogen and oxygen atoms in total. The van der Waals surface area contributed by atoms with Crippen molar-refractivity contribution in [2.24, 2.45) is 5.73 Å². The largest absolute Gasteiger partial charge is 0.322 e. The van der Waals surface area contributed by atoms with Crippen LogP contribution in [0.1, 0.15) is 67.3 Å². The summed E-state index contributed by atoms with van der Waals surface area (Å²) in [4.78, 5) is 0.533. The molecule has 2 heteroatoms. The van der Waals surface area contributed by atoms with Crippen LogP contribution in [0.4, 0.5) is 0 Å². The Morgan fingerprint density at radius 2 is 2.11 bits per heavy atom. The summed E-state index contributed by atoms with van der Waals surface area (Å²) in [6.07, 6.45) is -13.6. The minimum absolute atomic E-state index is 0.138. The molecular weight excluding hydrogens is 220 g/mol. The summed E-state index contributed by atoms with van der Waals surface area (Å²) in [6.45, 7) is -4.32. The standard InChI is InChI=1S/C16H26N2/c1-3-18(4-2)16(12-8-9-13-16)15(17)14-10-6-5-7-11-14/h5-7,10-11,15H,3-4,8-9,12-13,17H2,1-2H3/i1D2,3D2,8D2,9D2,12D2,13D2. The summed E-state index contributed by atoms with van der Waals surface area (Å²) in [5.41, 5.74) is 3.56. The van der Waals surface area contributed by atoms with Crippen LogP contribution in [-0.2, 0) is 0 Å². The zero-order valence-electron chi connectivity index (χ0n) is 22.3. The maximum absolute atomic E-state index is 8.64. The van der Waals surface area contributed by atoms with Gasteiger partial charge in [-0.25, -0.2) is 0 Å². The predicted octanol–water partition coefficient (Wildman–Crippen LogP) is 3.34. The first kappa shape index (κ1) is 4.92. The fraction of sp³-hybridized carbons (Fsp3) is 0.625. The Hall–Kier alpha value is -0.860. The summed E-state index contributed by atoms with van der Waals surface area (Å²) < 4.78 is 99.3. The smallest absolute Gasteiger partial charge is 0.0482 e. The quantitative estimate of drug-likeness (QED) is 0.877. The number of nitrogens with zero attached hydrogens (tertiary/aromatic N) is 1. The molecule has 18 heavy (non-hydrogen) atoms. The van der Waals surface area contributed by atoms with Gasteiger partial charge in [-0.05, 0) is 31.4 Å². The highest BCUT2D eigenvalue weighted by molar-refractivity contribution is 5.24. The molecule has 2 rings (SSSR count). The van der Waals surface area contributed by atoms with Crippen molar-refractivity contribution >= 4 is 0 Å². The first-order valence-corrected chi connectivity index (χ1v) is 5.83. The molecule has 1 unspecified atom stereocenters. The van der Waals surface area contributed by atoms with Crippen LogP contribution >= 0.6 is 0 Å². The number of hydrogen-bond donors (Lipinski definition) is 1. The van der Waals surface area contributed by atoms with E-state index in [9.17, 15) is 0 Å². The summed E-state index contributed by atoms with van der Waals surface area (Å²) in [6, 6.07) is 5.84. The van der Waals surface area contributed by atoms with Gasteiger partial charge in [-0.3, -0.25) is 4.90 Å². The van der Waals surface area contributed by atoms with Crippen molar-refractivity contribution in [3.63, 3.8) is 0 Å². The number of nitrogens with two attached hydrogens (primary N) is 1. The van der Waals surface area contributed by atoms with Crippen molar-refractivity contribution < 1.29 is 16.4 Å². The van der Waals surface area contributed by atoms with Crippen molar-refractivity contribution in [1.82, 2.24) is 4.90 Å². The van der Waals surface area contributed by atoms with E-state index >= 15 is 0 Å². The van der Waals surface area contributed by atoms with Gasteiger partial charge in [0.2, 0.25) is 0 Å². The topological polar surface area (TPSA) is 29.3 Å². The van der Waals surface area contributed by atoms with Gasteiger partial charge in [-0.1, -0.05) is 56.9 Å². The lowest BCUT2D eigenvalue weighted by Crippen LogP contribution is -2.53. The van der Waals surface area contributed by atoms with Gasteiger partial charge in [0.05, 0.1) is 0 Å². The molecule has 0 aliphatic heterocycles. The zero-order chi connectivity index (χ0) is 23.6. The van der Waals surface area contributed by atoms with E-state index in [1.165, 1.54) is 31.2 Å². The molecule has 1 aliphatic rings. The molecule has 0 saturated heterocycles. The summed E-state index contributed by atoms with van der Waals surface area (Å²) in [5, 5.41) is 0. The third-order valence-electron chi connectivity index (χ3n) is 3.08. The van der Waals surface area contributed by atoms with E-state index in [0.717, 1.165) is 0 Å². The maximum atomic E-state index is 8.64. The zero-order valence-corrected chi connectivity index (χ0v) is 10.3. The van der Waals surface area contributed by atoms with Gasteiger partial charge in [0.25, 0.3) is 0 Å². The minimum atomic E-state index is -3.42. The van der Waals surface area contributed by atoms with Gasteiger partial charge in [0.1, 0.15) is 0 Å². The predicted molar refractivity (Wildman–Crippen MR) is 77.5 cm³/mol. The van der Waals surface area contributed by atoms with Gasteiger partial charge in [-0.2, -0.15) is 0 Å². The second-order valence-electron chi connectivity index (χ2n) is 4.03. The van der Waals surface area contributed by atoms with Crippen molar-refractivity contribution in [3.05, 3.63) is 35.9 Å². The molecule has 0 aromatic heterocycles. The van der Waals surface area contributed by atoms with E-state index in [0.29, 0.717) is 4.90 Å². The van der Waals surface area contributed by atoms with E-state index in [2.05, 4.69) is 0 Å². The Kier molecular flexibility index (Phi) is 1.60. The highest BCUT2D eigenvalue weighted by Gasteiger charge is 2.43. The Balaban J connectivity index is 3.04.